The van der Waals surface area contributed by atoms with E-state index in [4.69, 9.17) is 0 Å². The Morgan fingerprint density at radius 2 is 1.76 bits per heavy atom. The van der Waals surface area contributed by atoms with Crippen LogP contribution in [0.15, 0.2) is 66.2 Å². The number of benzene rings is 2. The minimum atomic E-state index is -0.290. The second-order valence-corrected chi connectivity index (χ2v) is 7.87. The van der Waals surface area contributed by atoms with E-state index in [1.807, 2.05) is 50.3 Å². The van der Waals surface area contributed by atoms with Crippen molar-refractivity contribution in [2.45, 2.75) is 32.7 Å². The van der Waals surface area contributed by atoms with Crippen molar-refractivity contribution in [1.29, 1.82) is 0 Å². The van der Waals surface area contributed by atoms with Gasteiger partial charge in [0.2, 0.25) is 11.8 Å². The number of nitrogens with zero attached hydrogens (tertiary/aromatic N) is 1. The third-order valence-corrected chi connectivity index (χ3v) is 5.84. The molecule has 29 heavy (non-hydrogen) atoms. The van der Waals surface area contributed by atoms with Crippen LogP contribution in [0.5, 0.6) is 0 Å². The molecule has 3 amide bonds. The van der Waals surface area contributed by atoms with Crippen LogP contribution < -0.4 is 10.2 Å². The normalized spacial score (nSPS) is 22.1. The van der Waals surface area contributed by atoms with Crippen molar-refractivity contribution in [3.8, 4) is 0 Å². The van der Waals surface area contributed by atoms with Gasteiger partial charge in [0, 0.05) is 5.56 Å². The molecule has 0 bridgehead atoms. The average Bonchev–Trinajstić information content (AvgIpc) is 2.98. The van der Waals surface area contributed by atoms with Gasteiger partial charge in [-0.3, -0.25) is 19.3 Å². The molecule has 1 aliphatic heterocycles. The molecule has 148 valence electrons. The summed E-state index contributed by atoms with van der Waals surface area (Å²) in [6, 6.07) is 16.3. The largest absolute Gasteiger partial charge is 0.346 e. The molecule has 5 nitrogen and oxygen atoms in total. The first kappa shape index (κ1) is 19.1. The number of fused-ring (bicyclic) bond motifs is 1. The van der Waals surface area contributed by atoms with Crippen LogP contribution >= 0.6 is 0 Å². The van der Waals surface area contributed by atoms with E-state index in [9.17, 15) is 14.4 Å². The van der Waals surface area contributed by atoms with Crippen molar-refractivity contribution < 1.29 is 14.4 Å². The minimum absolute atomic E-state index is 0.153. The lowest BCUT2D eigenvalue weighted by atomic mass is 9.82. The van der Waals surface area contributed by atoms with Crippen molar-refractivity contribution >= 4 is 23.4 Å². The monoisotopic (exact) mass is 388 g/mol. The molecular formula is C24H24N2O3. The van der Waals surface area contributed by atoms with E-state index >= 15 is 0 Å². The van der Waals surface area contributed by atoms with Gasteiger partial charge >= 0.3 is 0 Å². The molecule has 0 saturated carbocycles. The first-order valence-electron chi connectivity index (χ1n) is 9.95. The quantitative estimate of drug-likeness (QED) is 0.635. The third kappa shape index (κ3) is 3.60. The summed E-state index contributed by atoms with van der Waals surface area (Å²) < 4.78 is 0. The molecule has 2 aliphatic rings. The molecule has 3 atom stereocenters. The molecule has 1 N–H and O–H groups in total. The topological polar surface area (TPSA) is 66.5 Å². The summed E-state index contributed by atoms with van der Waals surface area (Å²) >= 11 is 0. The number of allylic oxidation sites excluding steroid dienone is 2. The Morgan fingerprint density at radius 3 is 2.52 bits per heavy atom. The standard InChI is InChI=1S/C24H24N2O3/c1-15-11-12-20-21(13-15)24(29)26(23(20)28)19-10-6-9-18(14-19)22(27)25-16(2)17-7-4-3-5-8-17/h3-11,14,16,20-21H,12-13H2,1-2H3,(H,25,27)/t16-,20+,21+/m0/s1. The molecule has 0 aromatic heterocycles. The van der Waals surface area contributed by atoms with Crippen LogP contribution in [0.3, 0.4) is 0 Å². The Labute approximate surface area is 170 Å². The molecule has 1 heterocycles. The van der Waals surface area contributed by atoms with Crippen molar-refractivity contribution in [3.63, 3.8) is 0 Å². The molecule has 2 aromatic carbocycles. The summed E-state index contributed by atoms with van der Waals surface area (Å²) in [7, 11) is 0. The second-order valence-electron chi connectivity index (χ2n) is 7.87. The molecule has 1 saturated heterocycles. The van der Waals surface area contributed by atoms with Crippen LogP contribution in [0.1, 0.15) is 48.7 Å². The van der Waals surface area contributed by atoms with Gasteiger partial charge in [-0.05, 0) is 50.5 Å². The zero-order valence-corrected chi connectivity index (χ0v) is 16.6. The molecule has 4 rings (SSSR count). The van der Waals surface area contributed by atoms with Crippen LogP contribution in [0.2, 0.25) is 0 Å². The summed E-state index contributed by atoms with van der Waals surface area (Å²) in [6.45, 7) is 3.92. The molecule has 5 heteroatoms. The van der Waals surface area contributed by atoms with E-state index in [-0.39, 0.29) is 35.6 Å². The van der Waals surface area contributed by atoms with Crippen LogP contribution in [0.4, 0.5) is 5.69 Å². The Morgan fingerprint density at radius 1 is 1.03 bits per heavy atom. The van der Waals surface area contributed by atoms with E-state index in [2.05, 4.69) is 5.32 Å². The lowest BCUT2D eigenvalue weighted by molar-refractivity contribution is -0.122. The first-order chi connectivity index (χ1) is 14.0. The summed E-state index contributed by atoms with van der Waals surface area (Å²) in [5.74, 6) is -1.15. The summed E-state index contributed by atoms with van der Waals surface area (Å²) in [5, 5.41) is 2.97. The molecule has 2 aromatic rings. The fourth-order valence-corrected chi connectivity index (χ4v) is 4.18. The van der Waals surface area contributed by atoms with Crippen molar-refractivity contribution in [2.24, 2.45) is 11.8 Å². The van der Waals surface area contributed by atoms with E-state index in [0.717, 1.165) is 11.1 Å². The number of carbonyl (C=O) groups is 3. The minimum Gasteiger partial charge on any atom is -0.346 e. The summed E-state index contributed by atoms with van der Waals surface area (Å²) in [6.07, 6.45) is 3.28. The van der Waals surface area contributed by atoms with Gasteiger partial charge in [0.25, 0.3) is 5.91 Å². The lowest BCUT2D eigenvalue weighted by Crippen LogP contribution is -2.31. The Kier molecular flexibility index (Phi) is 5.05. The zero-order chi connectivity index (χ0) is 20.5. The van der Waals surface area contributed by atoms with E-state index in [1.165, 1.54) is 4.90 Å². The predicted octanol–water partition coefficient (Wildman–Crippen LogP) is 4.02. The number of imide groups is 1. The Bertz CT molecular complexity index is 996. The van der Waals surface area contributed by atoms with E-state index in [0.29, 0.717) is 24.1 Å². The van der Waals surface area contributed by atoms with E-state index < -0.39 is 0 Å². The van der Waals surface area contributed by atoms with Gasteiger partial charge in [-0.25, -0.2) is 0 Å². The molecule has 0 radical (unpaired) electrons. The predicted molar refractivity (Wildman–Crippen MR) is 111 cm³/mol. The third-order valence-electron chi connectivity index (χ3n) is 5.84. The number of rotatable bonds is 4. The van der Waals surface area contributed by atoms with Gasteiger partial charge in [-0.2, -0.15) is 0 Å². The lowest BCUT2D eigenvalue weighted by Gasteiger charge is -2.19. The first-order valence-corrected chi connectivity index (χ1v) is 9.95. The molecular weight excluding hydrogens is 364 g/mol. The number of nitrogens with one attached hydrogen (secondary N) is 1. The van der Waals surface area contributed by atoms with Crippen LogP contribution in [0.25, 0.3) is 0 Å². The number of anilines is 1. The van der Waals surface area contributed by atoms with Gasteiger partial charge < -0.3 is 5.32 Å². The second kappa shape index (κ2) is 7.66. The highest BCUT2D eigenvalue weighted by Gasteiger charge is 2.48. The van der Waals surface area contributed by atoms with Crippen molar-refractivity contribution in [1.82, 2.24) is 5.32 Å². The van der Waals surface area contributed by atoms with Crippen molar-refractivity contribution in [2.75, 3.05) is 4.90 Å². The zero-order valence-electron chi connectivity index (χ0n) is 16.6. The highest BCUT2D eigenvalue weighted by molar-refractivity contribution is 6.22. The Hall–Kier alpha value is -3.21. The highest BCUT2D eigenvalue weighted by Crippen LogP contribution is 2.39. The fraction of sp³-hybridized carbons (Fsp3) is 0.292. The van der Waals surface area contributed by atoms with Gasteiger partial charge in [0.1, 0.15) is 0 Å². The maximum atomic E-state index is 12.9. The molecule has 0 spiro atoms. The molecule has 1 aliphatic carbocycles. The van der Waals surface area contributed by atoms with Gasteiger partial charge in [-0.1, -0.05) is 48.0 Å². The number of hydrogen-bond donors (Lipinski definition) is 1. The van der Waals surface area contributed by atoms with Gasteiger partial charge in [0.15, 0.2) is 0 Å². The average molecular weight is 388 g/mol. The summed E-state index contributed by atoms with van der Waals surface area (Å²) in [4.78, 5) is 39.8. The maximum Gasteiger partial charge on any atom is 0.251 e. The maximum absolute atomic E-state index is 12.9. The molecule has 0 unspecified atom stereocenters. The SMILES string of the molecule is CC1=CC[C@H]2C(=O)N(c3cccc(C(=O)N[C@@H](C)c4ccccc4)c3)C(=O)[C@@H]2C1. The number of hydrogen-bond acceptors (Lipinski definition) is 3. The fourth-order valence-electron chi connectivity index (χ4n) is 4.18. The highest BCUT2D eigenvalue weighted by atomic mass is 16.2. The molecule has 1 fully saturated rings. The summed E-state index contributed by atoms with van der Waals surface area (Å²) in [5.41, 5.74) is 3.05. The van der Waals surface area contributed by atoms with Gasteiger partial charge in [-0.15, -0.1) is 0 Å². The van der Waals surface area contributed by atoms with Crippen LogP contribution in [-0.4, -0.2) is 17.7 Å². The van der Waals surface area contributed by atoms with Crippen LogP contribution in [0, 0.1) is 11.8 Å². The van der Waals surface area contributed by atoms with Crippen molar-refractivity contribution in [3.05, 3.63) is 77.4 Å². The smallest absolute Gasteiger partial charge is 0.251 e. The van der Waals surface area contributed by atoms with E-state index in [1.54, 1.807) is 24.3 Å². The van der Waals surface area contributed by atoms with Gasteiger partial charge in [0.05, 0.1) is 23.6 Å². The van der Waals surface area contributed by atoms with Crippen LogP contribution in [-0.2, 0) is 9.59 Å². The number of carbonyl (C=O) groups excluding carboxylic acids is 3. The Balaban J connectivity index is 1.54. The number of amides is 3.